The van der Waals surface area contributed by atoms with Gasteiger partial charge < -0.3 is 10.3 Å². The van der Waals surface area contributed by atoms with Crippen molar-refractivity contribution in [3.05, 3.63) is 17.7 Å². The molecule has 0 aromatic carbocycles. The van der Waals surface area contributed by atoms with Crippen molar-refractivity contribution in [1.82, 2.24) is 4.98 Å². The van der Waals surface area contributed by atoms with Crippen LogP contribution in [-0.2, 0) is 0 Å². The maximum atomic E-state index is 13.8. The maximum Gasteiger partial charge on any atom is 0.178 e. The summed E-state index contributed by atoms with van der Waals surface area (Å²) in [6.45, 7) is 1.62. The first-order valence-electron chi connectivity index (χ1n) is 6.26. The van der Waals surface area contributed by atoms with E-state index >= 15 is 0 Å². The summed E-state index contributed by atoms with van der Waals surface area (Å²) in [5.41, 5.74) is 2.16. The quantitative estimate of drug-likeness (QED) is 0.625. The Morgan fingerprint density at radius 3 is 2.50 bits per heavy atom. The molecule has 1 aromatic rings. The van der Waals surface area contributed by atoms with Crippen molar-refractivity contribution in [2.24, 2.45) is 17.7 Å². The second-order valence-electron chi connectivity index (χ2n) is 5.12. The van der Waals surface area contributed by atoms with Crippen molar-refractivity contribution in [2.75, 3.05) is 23.4 Å². The summed E-state index contributed by atoms with van der Waals surface area (Å²) in [6, 6.07) is 0.839. The van der Waals surface area contributed by atoms with Gasteiger partial charge in [0.2, 0.25) is 0 Å². The molecule has 2 aliphatic rings. The number of hydrogen-bond acceptors (Lipinski definition) is 4. The molecule has 1 saturated heterocycles. The van der Waals surface area contributed by atoms with E-state index in [1.54, 1.807) is 0 Å². The largest absolute Gasteiger partial charge is 0.354 e. The number of pyridine rings is 1. The van der Waals surface area contributed by atoms with Crippen molar-refractivity contribution in [3.8, 4) is 0 Å². The number of hydrazine groups is 1. The predicted molar refractivity (Wildman–Crippen MR) is 65.0 cm³/mol. The minimum atomic E-state index is -0.766. The van der Waals surface area contributed by atoms with Gasteiger partial charge >= 0.3 is 0 Å². The number of nitrogens with zero attached hydrogens (tertiary/aromatic N) is 2. The van der Waals surface area contributed by atoms with E-state index in [0.29, 0.717) is 11.8 Å². The normalized spacial score (nSPS) is 26.5. The smallest absolute Gasteiger partial charge is 0.178 e. The van der Waals surface area contributed by atoms with E-state index in [4.69, 9.17) is 5.84 Å². The third-order valence-electron chi connectivity index (χ3n) is 4.07. The van der Waals surface area contributed by atoms with E-state index in [0.717, 1.165) is 19.2 Å². The minimum absolute atomic E-state index is 0.108. The van der Waals surface area contributed by atoms with Crippen LogP contribution in [0.4, 0.5) is 20.4 Å². The van der Waals surface area contributed by atoms with Crippen LogP contribution in [0.3, 0.4) is 0 Å². The van der Waals surface area contributed by atoms with Crippen LogP contribution < -0.4 is 16.2 Å². The Kier molecular flexibility index (Phi) is 2.81. The number of rotatable bonds is 2. The molecule has 1 aliphatic carbocycles. The number of hydrogen-bond donors (Lipinski definition) is 2. The van der Waals surface area contributed by atoms with E-state index in [-0.39, 0.29) is 11.6 Å². The third-order valence-corrected chi connectivity index (χ3v) is 4.07. The van der Waals surface area contributed by atoms with Gasteiger partial charge in [0.1, 0.15) is 0 Å². The molecule has 0 bridgehead atoms. The molecule has 4 nitrogen and oxygen atoms in total. The first kappa shape index (κ1) is 11.6. The zero-order chi connectivity index (χ0) is 12.7. The summed E-state index contributed by atoms with van der Waals surface area (Å²) in [4.78, 5) is 5.85. The zero-order valence-electron chi connectivity index (χ0n) is 10.00. The highest BCUT2D eigenvalue weighted by Crippen LogP contribution is 2.39. The lowest BCUT2D eigenvalue weighted by molar-refractivity contribution is 0.494. The Hall–Kier alpha value is -1.43. The van der Waals surface area contributed by atoms with Gasteiger partial charge in [0.05, 0.1) is 0 Å². The van der Waals surface area contributed by atoms with Gasteiger partial charge in [-0.05, 0) is 24.7 Å². The lowest BCUT2D eigenvalue weighted by Crippen LogP contribution is -2.24. The summed E-state index contributed by atoms with van der Waals surface area (Å²) in [5.74, 6) is 5.14. The monoisotopic (exact) mass is 254 g/mol. The van der Waals surface area contributed by atoms with Crippen molar-refractivity contribution < 1.29 is 8.78 Å². The molecule has 3 N–H and O–H groups in total. The number of nitrogens with one attached hydrogen (secondary N) is 1. The van der Waals surface area contributed by atoms with Crippen molar-refractivity contribution in [2.45, 2.75) is 19.3 Å². The Morgan fingerprint density at radius 2 is 1.89 bits per heavy atom. The fourth-order valence-electron chi connectivity index (χ4n) is 3.19. The first-order chi connectivity index (χ1) is 8.69. The van der Waals surface area contributed by atoms with E-state index in [1.807, 2.05) is 4.90 Å². The van der Waals surface area contributed by atoms with Gasteiger partial charge in [0, 0.05) is 19.2 Å². The molecule has 0 radical (unpaired) electrons. The van der Waals surface area contributed by atoms with Crippen LogP contribution in [0, 0.1) is 23.5 Å². The highest BCUT2D eigenvalue weighted by atomic mass is 19.1. The number of nitrogens with two attached hydrogens (primary N) is 1. The van der Waals surface area contributed by atoms with Crippen molar-refractivity contribution in [3.63, 3.8) is 0 Å². The SMILES string of the molecule is NNc1nc(N2CC3CCCC3C2)c(F)cc1F. The number of aromatic nitrogens is 1. The molecule has 98 valence electrons. The molecule has 2 fully saturated rings. The van der Waals surface area contributed by atoms with Crippen molar-refractivity contribution >= 4 is 11.6 Å². The van der Waals surface area contributed by atoms with Gasteiger partial charge in [-0.2, -0.15) is 0 Å². The summed E-state index contributed by atoms with van der Waals surface area (Å²) < 4.78 is 27.1. The highest BCUT2D eigenvalue weighted by molar-refractivity contribution is 5.49. The molecule has 18 heavy (non-hydrogen) atoms. The minimum Gasteiger partial charge on any atom is -0.354 e. The second kappa shape index (κ2) is 4.35. The van der Waals surface area contributed by atoms with E-state index < -0.39 is 11.6 Å². The van der Waals surface area contributed by atoms with Gasteiger partial charge in [-0.25, -0.2) is 19.6 Å². The average molecular weight is 254 g/mol. The molecule has 1 aromatic heterocycles. The van der Waals surface area contributed by atoms with Crippen LogP contribution in [0.5, 0.6) is 0 Å². The van der Waals surface area contributed by atoms with Crippen molar-refractivity contribution in [1.29, 1.82) is 0 Å². The van der Waals surface area contributed by atoms with Gasteiger partial charge in [0.15, 0.2) is 23.3 Å². The second-order valence-corrected chi connectivity index (χ2v) is 5.12. The number of halogens is 2. The molecule has 6 heteroatoms. The van der Waals surface area contributed by atoms with Gasteiger partial charge in [-0.3, -0.25) is 0 Å². The first-order valence-corrected chi connectivity index (χ1v) is 6.26. The molecular weight excluding hydrogens is 238 g/mol. The van der Waals surface area contributed by atoms with Gasteiger partial charge in [-0.1, -0.05) is 6.42 Å². The number of fused-ring (bicyclic) bond motifs is 1. The van der Waals surface area contributed by atoms with E-state index in [9.17, 15) is 8.78 Å². The third kappa shape index (κ3) is 1.80. The Labute approximate surface area is 104 Å². The van der Waals surface area contributed by atoms with Crippen LogP contribution in [-0.4, -0.2) is 18.1 Å². The maximum absolute atomic E-state index is 13.8. The molecule has 1 aliphatic heterocycles. The highest BCUT2D eigenvalue weighted by Gasteiger charge is 2.37. The van der Waals surface area contributed by atoms with Gasteiger partial charge in [-0.15, -0.1) is 0 Å². The summed E-state index contributed by atoms with van der Waals surface area (Å²) in [6.07, 6.45) is 3.66. The zero-order valence-corrected chi connectivity index (χ0v) is 10.00. The summed E-state index contributed by atoms with van der Waals surface area (Å²) in [5, 5.41) is 0. The van der Waals surface area contributed by atoms with Gasteiger partial charge in [0.25, 0.3) is 0 Å². The Morgan fingerprint density at radius 1 is 1.22 bits per heavy atom. The average Bonchev–Trinajstić information content (AvgIpc) is 2.89. The van der Waals surface area contributed by atoms with Crippen LogP contribution >= 0.6 is 0 Å². The topological polar surface area (TPSA) is 54.2 Å². The Balaban J connectivity index is 1.88. The number of anilines is 2. The van der Waals surface area contributed by atoms with Crippen LogP contribution in [0.25, 0.3) is 0 Å². The fourth-order valence-corrected chi connectivity index (χ4v) is 3.19. The molecule has 0 spiro atoms. The molecule has 1 saturated carbocycles. The molecule has 2 atom stereocenters. The van der Waals surface area contributed by atoms with Crippen LogP contribution in [0.15, 0.2) is 6.07 Å². The fraction of sp³-hybridized carbons (Fsp3) is 0.583. The lowest BCUT2D eigenvalue weighted by atomic mass is 10.0. The van der Waals surface area contributed by atoms with E-state index in [2.05, 4.69) is 10.4 Å². The molecular formula is C12H16F2N4. The van der Waals surface area contributed by atoms with E-state index in [1.165, 1.54) is 19.3 Å². The number of nitrogen functional groups attached to an aromatic ring is 1. The molecule has 2 unspecified atom stereocenters. The Bertz CT molecular complexity index is 454. The summed E-state index contributed by atoms with van der Waals surface area (Å²) in [7, 11) is 0. The van der Waals surface area contributed by atoms with Crippen LogP contribution in [0.2, 0.25) is 0 Å². The lowest BCUT2D eigenvalue weighted by Gasteiger charge is -2.19. The molecule has 2 heterocycles. The predicted octanol–water partition coefficient (Wildman–Crippen LogP) is 1.88. The standard InChI is InChI=1S/C12H16F2N4/c13-9-4-10(14)12(16-11(9)17-15)18-5-7-2-1-3-8(7)6-18/h4,7-8H,1-3,5-6,15H2,(H,16,17). The van der Waals surface area contributed by atoms with Crippen LogP contribution in [0.1, 0.15) is 19.3 Å². The summed E-state index contributed by atoms with van der Waals surface area (Å²) >= 11 is 0. The molecule has 3 rings (SSSR count). The molecule has 0 amide bonds.